The quantitative estimate of drug-likeness (QED) is 0.780. The SMILES string of the molecule is Cc1ccc(NC(=O)N2CCC(CN)C2)c(C(=O)O)c1. The van der Waals surface area contributed by atoms with Gasteiger partial charge in [-0.05, 0) is 37.9 Å². The molecule has 0 bridgehead atoms. The Balaban J connectivity index is 2.10. The van der Waals surface area contributed by atoms with Crippen molar-refractivity contribution in [1.29, 1.82) is 0 Å². The highest BCUT2D eigenvalue weighted by molar-refractivity contribution is 6.00. The number of aromatic carboxylic acids is 1. The summed E-state index contributed by atoms with van der Waals surface area (Å²) in [6, 6.07) is 4.67. The molecule has 1 atom stereocenters. The molecule has 1 aliphatic rings. The highest BCUT2D eigenvalue weighted by Crippen LogP contribution is 2.20. The molecule has 0 spiro atoms. The zero-order valence-electron chi connectivity index (χ0n) is 11.4. The fourth-order valence-corrected chi connectivity index (χ4v) is 2.35. The van der Waals surface area contributed by atoms with E-state index in [1.54, 1.807) is 23.1 Å². The van der Waals surface area contributed by atoms with Crippen molar-refractivity contribution >= 4 is 17.7 Å². The monoisotopic (exact) mass is 277 g/mol. The average Bonchev–Trinajstić information content (AvgIpc) is 2.89. The van der Waals surface area contributed by atoms with Gasteiger partial charge < -0.3 is 21.1 Å². The van der Waals surface area contributed by atoms with Crippen LogP contribution in [0.15, 0.2) is 18.2 Å². The second-order valence-corrected chi connectivity index (χ2v) is 5.12. The minimum absolute atomic E-state index is 0.105. The van der Waals surface area contributed by atoms with Crippen molar-refractivity contribution in [3.63, 3.8) is 0 Å². The van der Waals surface area contributed by atoms with Gasteiger partial charge >= 0.3 is 12.0 Å². The number of nitrogens with two attached hydrogens (primary N) is 1. The topological polar surface area (TPSA) is 95.7 Å². The third kappa shape index (κ3) is 3.08. The Kier molecular flexibility index (Phi) is 4.24. The summed E-state index contributed by atoms with van der Waals surface area (Å²) in [5.41, 5.74) is 6.86. The molecule has 1 aromatic carbocycles. The van der Waals surface area contributed by atoms with Crippen LogP contribution in [-0.2, 0) is 0 Å². The second-order valence-electron chi connectivity index (χ2n) is 5.12. The number of rotatable bonds is 3. The van der Waals surface area contributed by atoms with Gasteiger partial charge in [-0.15, -0.1) is 0 Å². The summed E-state index contributed by atoms with van der Waals surface area (Å²) in [6.45, 7) is 3.65. The Hall–Kier alpha value is -2.08. The molecule has 0 radical (unpaired) electrons. The molecule has 1 fully saturated rings. The van der Waals surface area contributed by atoms with E-state index in [0.717, 1.165) is 12.0 Å². The van der Waals surface area contributed by atoms with E-state index in [9.17, 15) is 9.59 Å². The smallest absolute Gasteiger partial charge is 0.337 e. The van der Waals surface area contributed by atoms with E-state index in [2.05, 4.69) is 5.32 Å². The standard InChI is InChI=1S/C14H19N3O3/c1-9-2-3-12(11(6-9)13(18)19)16-14(20)17-5-4-10(7-15)8-17/h2-3,6,10H,4-5,7-8,15H2,1H3,(H,16,20)(H,18,19). The Labute approximate surface area is 117 Å². The maximum atomic E-state index is 12.1. The second kappa shape index (κ2) is 5.92. The summed E-state index contributed by atoms with van der Waals surface area (Å²) >= 11 is 0. The van der Waals surface area contributed by atoms with Crippen molar-refractivity contribution in [1.82, 2.24) is 4.90 Å². The lowest BCUT2D eigenvalue weighted by atomic mass is 10.1. The molecule has 20 heavy (non-hydrogen) atoms. The Bertz CT molecular complexity index is 530. The number of nitrogens with one attached hydrogen (secondary N) is 1. The Morgan fingerprint density at radius 1 is 1.50 bits per heavy atom. The molecule has 6 heteroatoms. The molecule has 1 unspecified atom stereocenters. The van der Waals surface area contributed by atoms with Crippen LogP contribution in [0.5, 0.6) is 0 Å². The number of urea groups is 1. The molecular weight excluding hydrogens is 258 g/mol. The van der Waals surface area contributed by atoms with E-state index in [4.69, 9.17) is 10.8 Å². The van der Waals surface area contributed by atoms with Crippen LogP contribution < -0.4 is 11.1 Å². The highest BCUT2D eigenvalue weighted by Gasteiger charge is 2.26. The fraction of sp³-hybridized carbons (Fsp3) is 0.429. The molecular formula is C14H19N3O3. The van der Waals surface area contributed by atoms with Crippen LogP contribution in [0.25, 0.3) is 0 Å². The third-order valence-corrected chi connectivity index (χ3v) is 3.55. The average molecular weight is 277 g/mol. The van der Waals surface area contributed by atoms with Crippen LogP contribution in [-0.4, -0.2) is 41.6 Å². The number of hydrogen-bond acceptors (Lipinski definition) is 3. The lowest BCUT2D eigenvalue weighted by Gasteiger charge is -2.18. The van der Waals surface area contributed by atoms with Gasteiger partial charge in [-0.25, -0.2) is 9.59 Å². The molecule has 0 saturated carbocycles. The summed E-state index contributed by atoms with van der Waals surface area (Å²) in [6.07, 6.45) is 0.892. The number of benzene rings is 1. The van der Waals surface area contributed by atoms with Crippen molar-refractivity contribution in [2.75, 3.05) is 25.0 Å². The molecule has 0 aliphatic carbocycles. The van der Waals surface area contributed by atoms with Gasteiger partial charge in [-0.3, -0.25) is 0 Å². The normalized spacial score (nSPS) is 18.1. The minimum Gasteiger partial charge on any atom is -0.478 e. The number of carboxylic acids is 1. The molecule has 1 heterocycles. The summed E-state index contributed by atoms with van der Waals surface area (Å²) < 4.78 is 0. The lowest BCUT2D eigenvalue weighted by molar-refractivity contribution is 0.0698. The van der Waals surface area contributed by atoms with Crippen LogP contribution in [0, 0.1) is 12.8 Å². The third-order valence-electron chi connectivity index (χ3n) is 3.55. The van der Waals surface area contributed by atoms with Crippen LogP contribution in [0.3, 0.4) is 0 Å². The summed E-state index contributed by atoms with van der Waals surface area (Å²) in [4.78, 5) is 25.0. The van der Waals surface area contributed by atoms with Crippen molar-refractivity contribution in [2.45, 2.75) is 13.3 Å². The largest absolute Gasteiger partial charge is 0.478 e. The van der Waals surface area contributed by atoms with E-state index in [-0.39, 0.29) is 11.6 Å². The molecule has 1 aromatic rings. The van der Waals surface area contributed by atoms with Crippen molar-refractivity contribution in [2.24, 2.45) is 11.7 Å². The molecule has 1 aliphatic heterocycles. The van der Waals surface area contributed by atoms with Crippen molar-refractivity contribution < 1.29 is 14.7 Å². The molecule has 6 nitrogen and oxygen atoms in total. The number of amides is 2. The van der Waals surface area contributed by atoms with Gasteiger partial charge in [0.05, 0.1) is 11.3 Å². The molecule has 2 amide bonds. The van der Waals surface area contributed by atoms with E-state index in [0.29, 0.717) is 31.2 Å². The zero-order chi connectivity index (χ0) is 14.7. The van der Waals surface area contributed by atoms with Crippen molar-refractivity contribution in [3.8, 4) is 0 Å². The van der Waals surface area contributed by atoms with Crippen molar-refractivity contribution in [3.05, 3.63) is 29.3 Å². The Morgan fingerprint density at radius 3 is 2.85 bits per heavy atom. The molecule has 2 rings (SSSR count). The van der Waals surface area contributed by atoms with Gasteiger partial charge in [0.2, 0.25) is 0 Å². The van der Waals surface area contributed by atoms with Crippen LogP contribution in [0.4, 0.5) is 10.5 Å². The lowest BCUT2D eigenvalue weighted by Crippen LogP contribution is -2.34. The molecule has 108 valence electrons. The summed E-state index contributed by atoms with van der Waals surface area (Å²) in [7, 11) is 0. The molecule has 1 saturated heterocycles. The summed E-state index contributed by atoms with van der Waals surface area (Å²) in [5, 5.41) is 11.8. The first-order valence-corrected chi connectivity index (χ1v) is 6.61. The van der Waals surface area contributed by atoms with E-state index in [1.165, 1.54) is 0 Å². The van der Waals surface area contributed by atoms with Gasteiger partial charge in [0, 0.05) is 13.1 Å². The van der Waals surface area contributed by atoms with E-state index >= 15 is 0 Å². The molecule has 4 N–H and O–H groups in total. The number of aryl methyl sites for hydroxylation is 1. The van der Waals surface area contributed by atoms with Crippen LogP contribution in [0.2, 0.25) is 0 Å². The number of likely N-dealkylation sites (tertiary alicyclic amines) is 1. The van der Waals surface area contributed by atoms with Gasteiger partial charge in [-0.1, -0.05) is 11.6 Å². The number of carboxylic acid groups (broad SMARTS) is 1. The number of hydrogen-bond donors (Lipinski definition) is 3. The maximum absolute atomic E-state index is 12.1. The highest BCUT2D eigenvalue weighted by atomic mass is 16.4. The Morgan fingerprint density at radius 2 is 2.25 bits per heavy atom. The van der Waals surface area contributed by atoms with Gasteiger partial charge in [0.25, 0.3) is 0 Å². The number of carbonyl (C=O) groups is 2. The van der Waals surface area contributed by atoms with E-state index in [1.807, 2.05) is 6.92 Å². The zero-order valence-corrected chi connectivity index (χ0v) is 11.4. The summed E-state index contributed by atoms with van der Waals surface area (Å²) in [5.74, 6) is -0.719. The first-order chi connectivity index (χ1) is 9.51. The number of carbonyl (C=O) groups excluding carboxylic acids is 1. The van der Waals surface area contributed by atoms with Gasteiger partial charge in [-0.2, -0.15) is 0 Å². The maximum Gasteiger partial charge on any atom is 0.337 e. The van der Waals surface area contributed by atoms with Crippen LogP contribution in [0.1, 0.15) is 22.3 Å². The predicted octanol–water partition coefficient (Wildman–Crippen LogP) is 1.51. The van der Waals surface area contributed by atoms with Crippen LogP contribution >= 0.6 is 0 Å². The predicted molar refractivity (Wildman–Crippen MR) is 75.9 cm³/mol. The van der Waals surface area contributed by atoms with Gasteiger partial charge in [0.15, 0.2) is 0 Å². The van der Waals surface area contributed by atoms with Gasteiger partial charge in [0.1, 0.15) is 0 Å². The first-order valence-electron chi connectivity index (χ1n) is 6.61. The number of nitrogens with zero attached hydrogens (tertiary/aromatic N) is 1. The fourth-order valence-electron chi connectivity index (χ4n) is 2.35. The first kappa shape index (κ1) is 14.3. The molecule has 0 aromatic heterocycles. The minimum atomic E-state index is -1.05. The van der Waals surface area contributed by atoms with E-state index < -0.39 is 5.97 Å². The number of anilines is 1.